The SMILES string of the molecule is CN1CCN(c2ncc(NC(=O)c3cc4ccccc4s3)cn2)CC1. The van der Waals surface area contributed by atoms with Crippen LogP contribution < -0.4 is 10.2 Å². The van der Waals surface area contributed by atoms with Crippen molar-refractivity contribution < 1.29 is 4.79 Å². The molecule has 2 aromatic heterocycles. The molecule has 0 atom stereocenters. The topological polar surface area (TPSA) is 61.4 Å². The molecule has 6 nitrogen and oxygen atoms in total. The van der Waals surface area contributed by atoms with E-state index in [1.165, 1.54) is 11.3 Å². The molecule has 1 N–H and O–H groups in total. The monoisotopic (exact) mass is 353 g/mol. The van der Waals surface area contributed by atoms with Crippen LogP contribution in [0, 0.1) is 0 Å². The van der Waals surface area contributed by atoms with Gasteiger partial charge in [-0.1, -0.05) is 18.2 Å². The van der Waals surface area contributed by atoms with Crippen LogP contribution in [0.4, 0.5) is 11.6 Å². The number of carbonyl (C=O) groups is 1. The minimum absolute atomic E-state index is 0.128. The number of rotatable bonds is 3. The van der Waals surface area contributed by atoms with E-state index in [-0.39, 0.29) is 5.91 Å². The second-order valence-corrected chi connectivity index (χ2v) is 7.25. The number of anilines is 2. The van der Waals surface area contributed by atoms with Gasteiger partial charge in [-0.2, -0.15) is 0 Å². The Balaban J connectivity index is 1.44. The molecule has 0 unspecified atom stereocenters. The van der Waals surface area contributed by atoms with Crippen molar-refractivity contribution >= 4 is 39.0 Å². The van der Waals surface area contributed by atoms with Crippen molar-refractivity contribution in [3.05, 3.63) is 47.6 Å². The first-order valence-corrected chi connectivity index (χ1v) is 9.06. The highest BCUT2D eigenvalue weighted by Crippen LogP contribution is 2.26. The van der Waals surface area contributed by atoms with E-state index in [1.807, 2.05) is 30.3 Å². The third-order valence-corrected chi connectivity index (χ3v) is 5.45. The number of aromatic nitrogens is 2. The van der Waals surface area contributed by atoms with Gasteiger partial charge in [-0.3, -0.25) is 4.79 Å². The molecular weight excluding hydrogens is 334 g/mol. The van der Waals surface area contributed by atoms with Gasteiger partial charge in [0.15, 0.2) is 0 Å². The standard InChI is InChI=1S/C18H19N5OS/c1-22-6-8-23(9-7-22)18-19-11-14(12-20-18)21-17(24)16-10-13-4-2-3-5-15(13)25-16/h2-5,10-12H,6-9H2,1H3,(H,21,24). The largest absolute Gasteiger partial charge is 0.338 e. The summed E-state index contributed by atoms with van der Waals surface area (Å²) in [6.45, 7) is 3.86. The van der Waals surface area contributed by atoms with Gasteiger partial charge in [0, 0.05) is 30.9 Å². The molecule has 3 heterocycles. The first kappa shape index (κ1) is 16.0. The number of benzene rings is 1. The summed E-state index contributed by atoms with van der Waals surface area (Å²) >= 11 is 1.48. The lowest BCUT2D eigenvalue weighted by Gasteiger charge is -2.32. The highest BCUT2D eigenvalue weighted by Gasteiger charge is 2.16. The van der Waals surface area contributed by atoms with Crippen LogP contribution in [0.25, 0.3) is 10.1 Å². The Hall–Kier alpha value is -2.51. The number of thiophene rings is 1. The number of hydrogen-bond donors (Lipinski definition) is 1. The van der Waals surface area contributed by atoms with Gasteiger partial charge in [0.2, 0.25) is 5.95 Å². The molecule has 4 rings (SSSR count). The van der Waals surface area contributed by atoms with Gasteiger partial charge in [-0.15, -0.1) is 11.3 Å². The van der Waals surface area contributed by atoms with Gasteiger partial charge in [0.25, 0.3) is 5.91 Å². The molecule has 1 fully saturated rings. The number of amides is 1. The van der Waals surface area contributed by atoms with E-state index in [0.29, 0.717) is 16.5 Å². The Morgan fingerprint density at radius 2 is 1.84 bits per heavy atom. The first-order valence-electron chi connectivity index (χ1n) is 8.24. The highest BCUT2D eigenvalue weighted by molar-refractivity contribution is 7.20. The molecule has 0 spiro atoms. The molecule has 128 valence electrons. The van der Waals surface area contributed by atoms with E-state index in [0.717, 1.165) is 36.3 Å². The van der Waals surface area contributed by atoms with Crippen LogP contribution in [-0.2, 0) is 0 Å². The maximum atomic E-state index is 12.4. The van der Waals surface area contributed by atoms with Crippen molar-refractivity contribution in [2.24, 2.45) is 0 Å². The van der Waals surface area contributed by atoms with E-state index < -0.39 is 0 Å². The molecule has 0 bridgehead atoms. The molecule has 25 heavy (non-hydrogen) atoms. The molecular formula is C18H19N5OS. The minimum atomic E-state index is -0.128. The second kappa shape index (κ2) is 6.78. The number of nitrogens with one attached hydrogen (secondary N) is 1. The molecule has 0 radical (unpaired) electrons. The second-order valence-electron chi connectivity index (χ2n) is 6.16. The summed E-state index contributed by atoms with van der Waals surface area (Å²) < 4.78 is 1.11. The highest BCUT2D eigenvalue weighted by atomic mass is 32.1. The van der Waals surface area contributed by atoms with E-state index in [9.17, 15) is 4.79 Å². The van der Waals surface area contributed by atoms with E-state index >= 15 is 0 Å². The summed E-state index contributed by atoms with van der Waals surface area (Å²) in [4.78, 5) is 26.4. The minimum Gasteiger partial charge on any atom is -0.338 e. The zero-order valence-electron chi connectivity index (χ0n) is 14.0. The lowest BCUT2D eigenvalue weighted by molar-refractivity contribution is 0.103. The molecule has 1 aliphatic heterocycles. The van der Waals surface area contributed by atoms with Crippen molar-refractivity contribution in [1.29, 1.82) is 0 Å². The van der Waals surface area contributed by atoms with Gasteiger partial charge in [0.05, 0.1) is 23.0 Å². The number of piperazine rings is 1. The molecule has 1 aromatic carbocycles. The van der Waals surface area contributed by atoms with Gasteiger partial charge in [-0.25, -0.2) is 9.97 Å². The zero-order valence-corrected chi connectivity index (χ0v) is 14.8. The van der Waals surface area contributed by atoms with Gasteiger partial charge in [0.1, 0.15) is 0 Å². The van der Waals surface area contributed by atoms with E-state index in [1.54, 1.807) is 12.4 Å². The summed E-state index contributed by atoms with van der Waals surface area (Å²) in [5.41, 5.74) is 0.611. The third kappa shape index (κ3) is 3.47. The summed E-state index contributed by atoms with van der Waals surface area (Å²) in [5, 5.41) is 3.96. The van der Waals surface area contributed by atoms with Crippen LogP contribution in [0.2, 0.25) is 0 Å². The van der Waals surface area contributed by atoms with Crippen LogP contribution in [0.1, 0.15) is 9.67 Å². The van der Waals surface area contributed by atoms with Crippen molar-refractivity contribution in [2.75, 3.05) is 43.4 Å². The maximum Gasteiger partial charge on any atom is 0.265 e. The van der Waals surface area contributed by atoms with Gasteiger partial charge >= 0.3 is 0 Å². The number of hydrogen-bond acceptors (Lipinski definition) is 6. The molecule has 1 amide bonds. The average molecular weight is 353 g/mol. The number of carbonyl (C=O) groups excluding carboxylic acids is 1. The summed E-state index contributed by atoms with van der Waals surface area (Å²) in [5.74, 6) is 0.588. The molecule has 0 saturated carbocycles. The van der Waals surface area contributed by atoms with Crippen molar-refractivity contribution in [3.63, 3.8) is 0 Å². The summed E-state index contributed by atoms with van der Waals surface area (Å²) in [6, 6.07) is 9.89. The molecule has 1 saturated heterocycles. The predicted octanol–water partition coefficient (Wildman–Crippen LogP) is 2.70. The Morgan fingerprint density at radius 1 is 1.12 bits per heavy atom. The third-order valence-electron chi connectivity index (χ3n) is 4.33. The van der Waals surface area contributed by atoms with Crippen LogP contribution in [0.5, 0.6) is 0 Å². The Kier molecular flexibility index (Phi) is 4.33. The first-order chi connectivity index (χ1) is 12.2. The van der Waals surface area contributed by atoms with Crippen molar-refractivity contribution in [2.45, 2.75) is 0 Å². The Labute approximate surface area is 150 Å². The number of fused-ring (bicyclic) bond motifs is 1. The number of nitrogens with zero attached hydrogens (tertiary/aromatic N) is 4. The zero-order chi connectivity index (χ0) is 17.2. The fourth-order valence-electron chi connectivity index (χ4n) is 2.84. The van der Waals surface area contributed by atoms with Crippen molar-refractivity contribution in [3.8, 4) is 0 Å². The fraction of sp³-hybridized carbons (Fsp3) is 0.278. The predicted molar refractivity (Wildman–Crippen MR) is 102 cm³/mol. The van der Waals surface area contributed by atoms with Crippen LogP contribution in [-0.4, -0.2) is 54.0 Å². The molecule has 0 aliphatic carbocycles. The summed E-state index contributed by atoms with van der Waals surface area (Å²) in [6.07, 6.45) is 3.34. The lowest BCUT2D eigenvalue weighted by atomic mass is 10.2. The van der Waals surface area contributed by atoms with Crippen molar-refractivity contribution in [1.82, 2.24) is 14.9 Å². The average Bonchev–Trinajstić information content (AvgIpc) is 3.07. The quantitative estimate of drug-likeness (QED) is 0.784. The normalized spacial score (nSPS) is 15.5. The molecule has 1 aliphatic rings. The maximum absolute atomic E-state index is 12.4. The van der Waals surface area contributed by atoms with Crippen LogP contribution in [0.3, 0.4) is 0 Å². The molecule has 7 heteroatoms. The summed E-state index contributed by atoms with van der Waals surface area (Å²) in [7, 11) is 2.12. The van der Waals surface area contributed by atoms with Crippen LogP contribution in [0.15, 0.2) is 42.7 Å². The smallest absolute Gasteiger partial charge is 0.265 e. The van der Waals surface area contributed by atoms with Gasteiger partial charge in [-0.05, 0) is 24.6 Å². The Bertz CT molecular complexity index is 851. The Morgan fingerprint density at radius 3 is 2.56 bits per heavy atom. The van der Waals surface area contributed by atoms with E-state index in [4.69, 9.17) is 0 Å². The van der Waals surface area contributed by atoms with Gasteiger partial charge < -0.3 is 15.1 Å². The van der Waals surface area contributed by atoms with Crippen LogP contribution >= 0.6 is 11.3 Å². The lowest BCUT2D eigenvalue weighted by Crippen LogP contribution is -2.45. The number of likely N-dealkylation sites (N-methyl/N-ethyl adjacent to an activating group) is 1. The fourth-order valence-corrected chi connectivity index (χ4v) is 3.80. The molecule has 3 aromatic rings. The van der Waals surface area contributed by atoms with E-state index in [2.05, 4.69) is 32.1 Å².